The van der Waals surface area contributed by atoms with Crippen LogP contribution in [0, 0.1) is 13.8 Å². The lowest BCUT2D eigenvalue weighted by atomic mass is 10.0. The van der Waals surface area contributed by atoms with Crippen LogP contribution in [0.1, 0.15) is 199 Å². The molecule has 14 heteroatoms. The molecule has 0 aliphatic heterocycles. The van der Waals surface area contributed by atoms with Crippen molar-refractivity contribution in [2.75, 3.05) is 27.4 Å². The molecule has 110 heavy (non-hydrogen) atoms. The van der Waals surface area contributed by atoms with Gasteiger partial charge < -0.3 is 39.4 Å². The van der Waals surface area contributed by atoms with Crippen molar-refractivity contribution >= 4 is 35.8 Å². The van der Waals surface area contributed by atoms with Crippen LogP contribution in [0.2, 0.25) is 0 Å². The van der Waals surface area contributed by atoms with Gasteiger partial charge in [0.1, 0.15) is 11.5 Å². The summed E-state index contributed by atoms with van der Waals surface area (Å²) in [7, 11) is 3.33. The third-order valence-corrected chi connectivity index (χ3v) is 17.0. The van der Waals surface area contributed by atoms with Crippen LogP contribution in [0.25, 0.3) is 11.1 Å². The number of aliphatic carboxylic acids is 4. The van der Waals surface area contributed by atoms with Crippen LogP contribution >= 0.6 is 0 Å². The van der Waals surface area contributed by atoms with Gasteiger partial charge in [-0.2, -0.15) is 0 Å². The zero-order valence-corrected chi connectivity index (χ0v) is 66.5. The average molecular weight is 1500 g/mol. The monoisotopic (exact) mass is 1500 g/mol. The first-order valence-corrected chi connectivity index (χ1v) is 39.2. The summed E-state index contributed by atoms with van der Waals surface area (Å²) >= 11 is 0. The van der Waals surface area contributed by atoms with Gasteiger partial charge in [0.15, 0.2) is 0 Å². The van der Waals surface area contributed by atoms with Crippen molar-refractivity contribution in [3.05, 3.63) is 299 Å². The minimum Gasteiger partial charge on any atom is -0.497 e. The molecule has 7 aromatic rings. The second-order valence-corrected chi connectivity index (χ2v) is 26.4. The average Bonchev–Trinajstić information content (AvgIpc) is 0.873. The number of carbonyl (C=O) groups is 6. The molecule has 0 aliphatic carbocycles. The van der Waals surface area contributed by atoms with Crippen molar-refractivity contribution in [1.82, 2.24) is 0 Å². The molecule has 4 N–H and O–H groups in total. The molecule has 7 aromatic carbocycles. The summed E-state index contributed by atoms with van der Waals surface area (Å²) in [6, 6.07) is 61.3. The highest BCUT2D eigenvalue weighted by atomic mass is 16.5. The minimum atomic E-state index is -0.875. The van der Waals surface area contributed by atoms with E-state index in [4.69, 9.17) is 39.4 Å². The third kappa shape index (κ3) is 54.1. The number of carbonyl (C=O) groups excluding carboxylic acids is 2. The van der Waals surface area contributed by atoms with E-state index in [1.54, 1.807) is 39.4 Å². The van der Waals surface area contributed by atoms with Crippen molar-refractivity contribution < 1.29 is 68.1 Å². The van der Waals surface area contributed by atoms with Gasteiger partial charge in [0, 0.05) is 36.8 Å². The van der Waals surface area contributed by atoms with Crippen molar-refractivity contribution in [3.8, 4) is 22.6 Å². The molecule has 0 saturated heterocycles. The van der Waals surface area contributed by atoms with Crippen molar-refractivity contribution in [1.29, 1.82) is 0 Å². The van der Waals surface area contributed by atoms with E-state index in [0.717, 1.165) is 153 Å². The summed E-state index contributed by atoms with van der Waals surface area (Å²) in [5.41, 5.74) is 14.5. The van der Waals surface area contributed by atoms with Crippen LogP contribution in [-0.2, 0) is 83.2 Å². The molecule has 0 atom stereocenters. The van der Waals surface area contributed by atoms with Crippen LogP contribution in [0.3, 0.4) is 0 Å². The zero-order chi connectivity index (χ0) is 80.3. The molecule has 0 amide bonds. The van der Waals surface area contributed by atoms with Crippen LogP contribution in [-0.4, -0.2) is 83.7 Å². The number of rotatable bonds is 44. The van der Waals surface area contributed by atoms with Crippen LogP contribution in [0.4, 0.5) is 0 Å². The fraction of sp³-hybridized carbons (Fsp3) is 0.375. The molecular weight excluding hydrogens is 1380 g/mol. The lowest BCUT2D eigenvalue weighted by Gasteiger charge is -2.04. The summed E-state index contributed by atoms with van der Waals surface area (Å²) in [4.78, 5) is 63.1. The Hall–Kier alpha value is -10.6. The Labute approximate surface area is 657 Å². The van der Waals surface area contributed by atoms with Crippen LogP contribution < -0.4 is 9.47 Å². The Balaban J connectivity index is 0.000000449. The number of hydrogen-bond donors (Lipinski definition) is 4. The molecule has 0 saturated carbocycles. The second-order valence-electron chi connectivity index (χ2n) is 26.4. The largest absolute Gasteiger partial charge is 0.497 e. The quantitative estimate of drug-likeness (QED) is 0.0121. The van der Waals surface area contributed by atoms with E-state index in [9.17, 15) is 28.8 Å². The van der Waals surface area contributed by atoms with Crippen LogP contribution in [0.15, 0.2) is 249 Å². The molecule has 7 rings (SSSR count). The summed E-state index contributed by atoms with van der Waals surface area (Å²) in [6.07, 6.45) is 46.5. The Morgan fingerprint density at radius 1 is 0.300 bits per heavy atom. The van der Waals surface area contributed by atoms with Gasteiger partial charge >= 0.3 is 35.8 Å². The molecule has 14 nitrogen and oxygen atoms in total. The first-order valence-electron chi connectivity index (χ1n) is 39.2. The van der Waals surface area contributed by atoms with Gasteiger partial charge in [0.05, 0.1) is 27.4 Å². The number of esters is 2. The minimum absolute atomic E-state index is 0.225. The predicted octanol–water partition coefficient (Wildman–Crippen LogP) is 22.8. The number of ether oxygens (including phenoxy) is 4. The zero-order valence-electron chi connectivity index (χ0n) is 66.5. The molecule has 0 aromatic heterocycles. The van der Waals surface area contributed by atoms with E-state index in [-0.39, 0.29) is 18.4 Å². The number of carboxylic acid groups (broad SMARTS) is 4. The van der Waals surface area contributed by atoms with E-state index in [0.29, 0.717) is 19.6 Å². The standard InChI is InChI=1S/C19H20O2.C17H24O2.C16H22O3.C16H22O2.C14H18O3.C14H18O2/c20-19(21)11-7-2-1-4-8-16-12-14-18(15-13-16)17-9-5-3-6-10-17;1-2-3-8-15-11-13-16(14-12-15)9-6-4-5-7-10-17(18)19;1-3-19-16(17)9-7-5-4-6-8-14-10-12-15(18-2)13-11-14;1-3-18-16(17)9-7-5-4-6-8-15-12-10-14(2)11-13-15;1-17-13-10-8-12(9-11-13)6-4-2-3-5-7-14(15)16;1-12-8-10-13(11-9-12)6-4-2-3-5-7-14(15)16/h3,5-7,9-15H,1-2,4,8H2,(H,20,21);4-5,11-14H,2-3,6-10H2,1H3,(H,18,19);7,9-13H,3-6,8H2,1-2H3;7,9-13H,3-6,8H2,1-2H3;5,7-11H,2-4,6H2,1H3,(H,15,16);5,7-11H,2-4,6H2,1H3,(H,15,16)/b11-7+;5-4+;2*9-7+;2*7-5+. The fourth-order valence-electron chi connectivity index (χ4n) is 10.8. The number of benzene rings is 7. The highest BCUT2D eigenvalue weighted by Gasteiger charge is 2.03. The van der Waals surface area contributed by atoms with E-state index in [1.165, 1.54) is 111 Å². The number of aryl methyl sites for hydroxylation is 9. The molecule has 0 heterocycles. The summed E-state index contributed by atoms with van der Waals surface area (Å²) in [5.74, 6) is -2.06. The number of allylic oxidation sites excluding steroid dienone is 7. The van der Waals surface area contributed by atoms with Gasteiger partial charge in [-0.25, -0.2) is 24.0 Å². The van der Waals surface area contributed by atoms with Gasteiger partial charge in [-0.15, -0.1) is 0 Å². The van der Waals surface area contributed by atoms with Gasteiger partial charge in [-0.3, -0.25) is 4.79 Å². The Morgan fingerprint density at radius 2 is 0.582 bits per heavy atom. The van der Waals surface area contributed by atoms with E-state index >= 15 is 0 Å². The Kier molecular flexibility index (Phi) is 55.9. The molecule has 0 fully saturated rings. The molecule has 0 bridgehead atoms. The van der Waals surface area contributed by atoms with Gasteiger partial charge in [-0.05, 0) is 263 Å². The van der Waals surface area contributed by atoms with Gasteiger partial charge in [0.25, 0.3) is 0 Å². The molecule has 592 valence electrons. The number of carboxylic acids is 4. The van der Waals surface area contributed by atoms with Crippen LogP contribution in [0.5, 0.6) is 11.5 Å². The first-order chi connectivity index (χ1) is 53.4. The van der Waals surface area contributed by atoms with Gasteiger partial charge in [0.2, 0.25) is 0 Å². The smallest absolute Gasteiger partial charge is 0.330 e. The normalized spacial score (nSPS) is 10.8. The first kappa shape index (κ1) is 95.5. The topological polar surface area (TPSA) is 220 Å². The van der Waals surface area contributed by atoms with E-state index in [2.05, 4.69) is 160 Å². The molecule has 0 unspecified atom stereocenters. The van der Waals surface area contributed by atoms with Crippen molar-refractivity contribution in [2.45, 2.75) is 208 Å². The summed E-state index contributed by atoms with van der Waals surface area (Å²) in [6.45, 7) is 10.9. The number of hydrogen-bond acceptors (Lipinski definition) is 10. The van der Waals surface area contributed by atoms with Crippen molar-refractivity contribution in [2.24, 2.45) is 0 Å². The maximum Gasteiger partial charge on any atom is 0.330 e. The highest BCUT2D eigenvalue weighted by Crippen LogP contribution is 2.21. The van der Waals surface area contributed by atoms with Crippen molar-refractivity contribution in [3.63, 3.8) is 0 Å². The number of unbranched alkanes of at least 4 members (excludes halogenated alkanes) is 11. The molecule has 0 radical (unpaired) electrons. The molecule has 0 aliphatic rings. The van der Waals surface area contributed by atoms with E-state index < -0.39 is 23.9 Å². The predicted molar refractivity (Wildman–Crippen MR) is 449 cm³/mol. The summed E-state index contributed by atoms with van der Waals surface area (Å²) < 4.78 is 19.8. The molecule has 0 spiro atoms. The number of methoxy groups -OCH3 is 2. The highest BCUT2D eigenvalue weighted by molar-refractivity contribution is 5.82. The summed E-state index contributed by atoms with van der Waals surface area (Å²) in [5, 5.41) is 33.8. The lowest BCUT2D eigenvalue weighted by Crippen LogP contribution is -1.98. The van der Waals surface area contributed by atoms with E-state index in [1.807, 2.05) is 67.6 Å². The molecular formula is C96H124O14. The second kappa shape index (κ2) is 64.4. The lowest BCUT2D eigenvalue weighted by molar-refractivity contribution is -0.138. The maximum atomic E-state index is 11.0. The fourth-order valence-corrected chi connectivity index (χ4v) is 10.8. The Morgan fingerprint density at radius 3 is 0.891 bits per heavy atom. The Bertz CT molecular complexity index is 3730. The third-order valence-electron chi connectivity index (χ3n) is 17.0. The van der Waals surface area contributed by atoms with Gasteiger partial charge in [-0.1, -0.05) is 219 Å². The SMILES string of the molecule is CCCCc1ccc(CC/C=C/CCC(=O)O)cc1.CCOC(=O)/C=C/CCCCc1ccc(C)cc1.CCOC(=O)/C=C/CCCCc1ccc(OC)cc1.COc1ccc(CCCC/C=C/C(=O)O)cc1.Cc1ccc(CCCC/C=C/C(=O)O)cc1.O=C(O)/C=C/CCCCc1ccc(-c2ccccc2)cc1. The maximum absolute atomic E-state index is 11.0.